The van der Waals surface area contributed by atoms with E-state index in [4.69, 9.17) is 4.78 Å². The van der Waals surface area contributed by atoms with Crippen LogP contribution in [0.25, 0.3) is 5.69 Å². The van der Waals surface area contributed by atoms with Gasteiger partial charge >= 0.3 is 0 Å². The largest absolute Gasteiger partial charge is 0.253 e. The maximum absolute atomic E-state index is 11.4. The van der Waals surface area contributed by atoms with Crippen LogP contribution < -0.4 is 0 Å². The summed E-state index contributed by atoms with van der Waals surface area (Å²) in [6.45, 7) is 6.54. The number of nitrogens with zero attached hydrogens (tertiary/aromatic N) is 3. The quantitative estimate of drug-likeness (QED) is 0.944. The number of aromatic nitrogens is 3. The molecule has 0 saturated carbocycles. The zero-order valence-corrected chi connectivity index (χ0v) is 13.8. The molecule has 6 heteroatoms. The van der Waals surface area contributed by atoms with Gasteiger partial charge in [-0.3, -0.25) is 8.99 Å². The summed E-state index contributed by atoms with van der Waals surface area (Å²) in [4.78, 5) is 0. The summed E-state index contributed by atoms with van der Waals surface area (Å²) in [6.07, 6.45) is 3.79. The van der Waals surface area contributed by atoms with Gasteiger partial charge in [-0.25, -0.2) is 4.68 Å². The second-order valence-corrected chi connectivity index (χ2v) is 8.83. The SMILES string of the molecule is CC(C)(C)c1ccc(-n2cc(CCS(C)(=N)=O)nn2)cc1. The lowest BCUT2D eigenvalue weighted by Crippen LogP contribution is -2.10. The first-order valence-electron chi connectivity index (χ1n) is 6.89. The molecule has 5 nitrogen and oxygen atoms in total. The summed E-state index contributed by atoms with van der Waals surface area (Å²) in [7, 11) is -2.48. The number of aryl methyl sites for hydroxylation is 1. The molecule has 0 aliphatic rings. The van der Waals surface area contributed by atoms with Crippen molar-refractivity contribution in [2.45, 2.75) is 32.6 Å². The van der Waals surface area contributed by atoms with Crippen molar-refractivity contribution >= 4 is 9.73 Å². The minimum absolute atomic E-state index is 0.127. The predicted molar refractivity (Wildman–Crippen MR) is 85.4 cm³/mol. The zero-order chi connectivity index (χ0) is 15.7. The minimum Gasteiger partial charge on any atom is -0.253 e. The van der Waals surface area contributed by atoms with E-state index < -0.39 is 9.73 Å². The normalized spacial score (nSPS) is 14.9. The molecular formula is C15H22N4OS. The van der Waals surface area contributed by atoms with Crippen molar-refractivity contribution in [1.29, 1.82) is 4.78 Å². The number of hydrogen-bond donors (Lipinski definition) is 1. The molecule has 1 N–H and O–H groups in total. The first-order valence-corrected chi connectivity index (χ1v) is 9.02. The van der Waals surface area contributed by atoms with Crippen LogP contribution in [0.4, 0.5) is 0 Å². The molecule has 2 aromatic rings. The van der Waals surface area contributed by atoms with Crippen LogP contribution in [0.1, 0.15) is 32.0 Å². The van der Waals surface area contributed by atoms with Crippen molar-refractivity contribution in [3.8, 4) is 5.69 Å². The second kappa shape index (κ2) is 5.60. The summed E-state index contributed by atoms with van der Waals surface area (Å²) in [5, 5.41) is 8.16. The van der Waals surface area contributed by atoms with Gasteiger partial charge < -0.3 is 0 Å². The summed E-state index contributed by atoms with van der Waals surface area (Å²) in [5.74, 6) is 0.314. The number of benzene rings is 1. The van der Waals surface area contributed by atoms with E-state index in [0.29, 0.717) is 12.2 Å². The smallest absolute Gasteiger partial charge is 0.0841 e. The highest BCUT2D eigenvalue weighted by atomic mass is 32.2. The van der Waals surface area contributed by atoms with E-state index in [9.17, 15) is 4.21 Å². The van der Waals surface area contributed by atoms with Gasteiger partial charge in [0.25, 0.3) is 0 Å². The maximum atomic E-state index is 11.4. The Balaban J connectivity index is 2.14. The molecule has 21 heavy (non-hydrogen) atoms. The van der Waals surface area contributed by atoms with Crippen LogP contribution in [0.15, 0.2) is 30.5 Å². The third kappa shape index (κ3) is 4.39. The van der Waals surface area contributed by atoms with E-state index in [2.05, 4.69) is 43.2 Å². The number of rotatable bonds is 4. The van der Waals surface area contributed by atoms with Gasteiger partial charge in [0.15, 0.2) is 0 Å². The molecule has 0 radical (unpaired) electrons. The minimum atomic E-state index is -2.48. The molecule has 1 atom stereocenters. The number of hydrogen-bond acceptors (Lipinski definition) is 4. The third-order valence-electron chi connectivity index (χ3n) is 3.29. The summed E-state index contributed by atoms with van der Waals surface area (Å²) in [5.41, 5.74) is 3.11. The van der Waals surface area contributed by atoms with Crippen LogP contribution >= 0.6 is 0 Å². The van der Waals surface area contributed by atoms with E-state index in [1.165, 1.54) is 11.8 Å². The molecule has 2 rings (SSSR count). The second-order valence-electron chi connectivity index (χ2n) is 6.41. The van der Waals surface area contributed by atoms with Gasteiger partial charge in [0.2, 0.25) is 0 Å². The highest BCUT2D eigenvalue weighted by Crippen LogP contribution is 2.22. The molecule has 114 valence electrons. The Morgan fingerprint density at radius 1 is 1.24 bits per heavy atom. The van der Waals surface area contributed by atoms with Crippen LogP contribution in [0.2, 0.25) is 0 Å². The van der Waals surface area contributed by atoms with Crippen LogP contribution in [0, 0.1) is 4.78 Å². The number of nitrogens with one attached hydrogen (secondary N) is 1. The molecule has 0 saturated heterocycles. The first-order chi connectivity index (χ1) is 9.65. The fourth-order valence-electron chi connectivity index (χ4n) is 1.95. The Morgan fingerprint density at radius 2 is 1.86 bits per heavy atom. The zero-order valence-electron chi connectivity index (χ0n) is 13.0. The van der Waals surface area contributed by atoms with Crippen LogP contribution in [0.3, 0.4) is 0 Å². The topological polar surface area (TPSA) is 71.6 Å². The molecule has 1 heterocycles. The molecule has 0 aliphatic carbocycles. The summed E-state index contributed by atoms with van der Waals surface area (Å²) >= 11 is 0. The lowest BCUT2D eigenvalue weighted by molar-refractivity contribution is 0.590. The molecule has 0 bridgehead atoms. The van der Waals surface area contributed by atoms with E-state index in [-0.39, 0.29) is 5.41 Å². The highest BCUT2D eigenvalue weighted by molar-refractivity contribution is 7.91. The molecule has 1 aromatic carbocycles. The standard InChI is InChI=1S/C15H22N4OS/c1-15(2,3)12-5-7-14(8-6-12)19-11-13(17-18-19)9-10-21(4,16)20/h5-8,11,16H,9-10H2,1-4H3. The third-order valence-corrected chi connectivity index (χ3v) is 4.27. The van der Waals surface area contributed by atoms with Crippen molar-refractivity contribution in [3.63, 3.8) is 0 Å². The van der Waals surface area contributed by atoms with Gasteiger partial charge in [-0.2, -0.15) is 0 Å². The monoisotopic (exact) mass is 306 g/mol. The van der Waals surface area contributed by atoms with Crippen LogP contribution in [-0.2, 0) is 21.6 Å². The van der Waals surface area contributed by atoms with Crippen molar-refractivity contribution in [2.24, 2.45) is 0 Å². The van der Waals surface area contributed by atoms with E-state index in [1.807, 2.05) is 18.3 Å². The average Bonchev–Trinajstić information content (AvgIpc) is 2.83. The lowest BCUT2D eigenvalue weighted by atomic mass is 9.87. The molecule has 1 aromatic heterocycles. The van der Waals surface area contributed by atoms with Crippen molar-refractivity contribution in [3.05, 3.63) is 41.7 Å². The lowest BCUT2D eigenvalue weighted by Gasteiger charge is -2.18. The molecule has 0 spiro atoms. The highest BCUT2D eigenvalue weighted by Gasteiger charge is 2.13. The molecule has 0 amide bonds. The Morgan fingerprint density at radius 3 is 2.38 bits per heavy atom. The fourth-order valence-corrected chi connectivity index (χ4v) is 2.55. The Bertz CT molecular complexity index is 709. The Kier molecular flexibility index (Phi) is 4.18. The van der Waals surface area contributed by atoms with Gasteiger partial charge in [-0.1, -0.05) is 38.1 Å². The first kappa shape index (κ1) is 15.7. The predicted octanol–water partition coefficient (Wildman–Crippen LogP) is 2.78. The van der Waals surface area contributed by atoms with E-state index in [0.717, 1.165) is 11.4 Å². The molecule has 1 unspecified atom stereocenters. The molecule has 0 aliphatic heterocycles. The Hall–Kier alpha value is -1.69. The van der Waals surface area contributed by atoms with Crippen molar-refractivity contribution in [2.75, 3.05) is 12.0 Å². The van der Waals surface area contributed by atoms with Gasteiger partial charge in [0.05, 0.1) is 17.6 Å². The fraction of sp³-hybridized carbons (Fsp3) is 0.467. The average molecular weight is 306 g/mol. The van der Waals surface area contributed by atoms with Gasteiger partial charge in [-0.05, 0) is 23.1 Å². The summed E-state index contributed by atoms with van der Waals surface area (Å²) in [6, 6.07) is 8.23. The maximum Gasteiger partial charge on any atom is 0.0841 e. The molecule has 0 fully saturated rings. The van der Waals surface area contributed by atoms with Crippen molar-refractivity contribution in [1.82, 2.24) is 15.0 Å². The Labute approximate surface area is 126 Å². The van der Waals surface area contributed by atoms with Crippen LogP contribution in [-0.4, -0.2) is 31.2 Å². The molecular weight excluding hydrogens is 284 g/mol. The van der Waals surface area contributed by atoms with E-state index in [1.54, 1.807) is 4.68 Å². The van der Waals surface area contributed by atoms with Crippen LogP contribution in [0.5, 0.6) is 0 Å². The van der Waals surface area contributed by atoms with Gasteiger partial charge in [0.1, 0.15) is 0 Å². The van der Waals surface area contributed by atoms with Gasteiger partial charge in [0, 0.05) is 28.2 Å². The van der Waals surface area contributed by atoms with Gasteiger partial charge in [-0.15, -0.1) is 5.10 Å². The van der Waals surface area contributed by atoms with Crippen molar-refractivity contribution < 1.29 is 4.21 Å². The summed E-state index contributed by atoms with van der Waals surface area (Å²) < 4.78 is 20.5. The van der Waals surface area contributed by atoms with E-state index >= 15 is 0 Å².